The minimum absolute atomic E-state index is 0.345. The molecular weight excluding hydrogens is 358 g/mol. The van der Waals surface area contributed by atoms with E-state index in [4.69, 9.17) is 26.2 Å². The molecule has 0 aliphatic rings. The summed E-state index contributed by atoms with van der Waals surface area (Å²) in [4.78, 5) is 10.3. The number of unbranched alkanes of at least 4 members (excludes halogenated alkanes) is 14. The van der Waals surface area contributed by atoms with Crippen LogP contribution in [0.2, 0.25) is 0 Å². The Morgan fingerprint density at radius 2 is 0.929 bits per heavy atom. The quantitative estimate of drug-likeness (QED) is 0.207. The van der Waals surface area contributed by atoms with Gasteiger partial charge in [0.2, 0.25) is 0 Å². The average Bonchev–Trinajstić information content (AvgIpc) is 2.70. The summed E-state index contributed by atoms with van der Waals surface area (Å²) in [7, 11) is 0. The average molecular weight is 406 g/mol. The Balaban J connectivity index is 0. The second-order valence-corrected chi connectivity index (χ2v) is 7.93. The van der Waals surface area contributed by atoms with Crippen molar-refractivity contribution >= 4 is 5.97 Å². The van der Waals surface area contributed by atoms with E-state index in [2.05, 4.69) is 6.92 Å². The summed E-state index contributed by atoms with van der Waals surface area (Å²) in [5.74, 6) is -0.653. The van der Waals surface area contributed by atoms with Crippen LogP contribution in [0.3, 0.4) is 0 Å². The van der Waals surface area contributed by atoms with Crippen LogP contribution in [0.15, 0.2) is 0 Å². The van der Waals surface area contributed by atoms with E-state index in [1.807, 2.05) is 0 Å². The second kappa shape index (κ2) is 22.6. The molecule has 170 valence electrons. The highest BCUT2D eigenvalue weighted by atomic mass is 16.4. The van der Waals surface area contributed by atoms with Gasteiger partial charge in [0.1, 0.15) is 0 Å². The van der Waals surface area contributed by atoms with E-state index in [-0.39, 0.29) is 0 Å². The van der Waals surface area contributed by atoms with Crippen molar-refractivity contribution in [3.63, 3.8) is 0 Å². The van der Waals surface area contributed by atoms with E-state index in [9.17, 15) is 4.79 Å². The Kier molecular flexibility index (Phi) is 23.8. The van der Waals surface area contributed by atoms with Crippen LogP contribution < -0.4 is 5.73 Å². The third-order valence-electron chi connectivity index (χ3n) is 4.94. The molecule has 0 atom stereocenters. The zero-order chi connectivity index (χ0) is 21.5. The van der Waals surface area contributed by atoms with E-state index in [1.165, 1.54) is 83.5 Å². The van der Waals surface area contributed by atoms with Crippen molar-refractivity contribution in [2.24, 2.45) is 5.73 Å². The number of carbonyl (C=O) groups is 1. The van der Waals surface area contributed by atoms with Crippen LogP contribution in [0, 0.1) is 0 Å². The summed E-state index contributed by atoms with van der Waals surface area (Å²) in [6.45, 7) is 1.06. The first-order valence-electron chi connectivity index (χ1n) is 11.3. The van der Waals surface area contributed by atoms with Gasteiger partial charge in [0, 0.05) is 6.42 Å². The molecule has 0 heterocycles. The van der Waals surface area contributed by atoms with Gasteiger partial charge in [0.05, 0.1) is 25.4 Å². The van der Waals surface area contributed by atoms with E-state index >= 15 is 0 Å². The monoisotopic (exact) mass is 405 g/mol. The largest absolute Gasteiger partial charge is 0.481 e. The van der Waals surface area contributed by atoms with Gasteiger partial charge in [-0.3, -0.25) is 4.79 Å². The van der Waals surface area contributed by atoms with E-state index in [0.29, 0.717) is 6.42 Å². The predicted octanol–water partition coefficient (Wildman–Crippen LogP) is 3.99. The van der Waals surface area contributed by atoms with Crippen LogP contribution in [0.5, 0.6) is 0 Å². The Hall–Kier alpha value is -0.690. The molecule has 6 N–H and O–H groups in total. The van der Waals surface area contributed by atoms with Crippen molar-refractivity contribution in [2.75, 3.05) is 19.8 Å². The van der Waals surface area contributed by atoms with Crippen molar-refractivity contribution in [2.45, 2.75) is 115 Å². The van der Waals surface area contributed by atoms with Crippen molar-refractivity contribution in [1.29, 1.82) is 0 Å². The second-order valence-electron chi connectivity index (χ2n) is 7.93. The van der Waals surface area contributed by atoms with Gasteiger partial charge < -0.3 is 26.2 Å². The number of hydrogen-bond acceptors (Lipinski definition) is 5. The maximum atomic E-state index is 10.3. The third kappa shape index (κ3) is 23.3. The van der Waals surface area contributed by atoms with Crippen LogP contribution in [0.4, 0.5) is 0 Å². The molecule has 0 amide bonds. The molecule has 0 saturated heterocycles. The Morgan fingerprint density at radius 3 is 1.14 bits per heavy atom. The van der Waals surface area contributed by atoms with Crippen LogP contribution >= 0.6 is 0 Å². The molecule has 0 radical (unpaired) electrons. The molecule has 0 saturated carbocycles. The molecule has 28 heavy (non-hydrogen) atoms. The van der Waals surface area contributed by atoms with Gasteiger partial charge in [-0.05, 0) is 6.42 Å². The minimum atomic E-state index is -1.21. The third-order valence-corrected chi connectivity index (χ3v) is 4.94. The summed E-state index contributed by atoms with van der Waals surface area (Å²) < 4.78 is 0. The van der Waals surface area contributed by atoms with Crippen molar-refractivity contribution < 1.29 is 25.2 Å². The molecule has 0 aromatic rings. The molecule has 6 nitrogen and oxygen atoms in total. The smallest absolute Gasteiger partial charge is 0.303 e. The summed E-state index contributed by atoms with van der Waals surface area (Å²) >= 11 is 0. The fourth-order valence-corrected chi connectivity index (χ4v) is 2.80. The van der Waals surface area contributed by atoms with Crippen LogP contribution in [-0.4, -0.2) is 51.8 Å². The molecule has 0 aliphatic heterocycles. The zero-order valence-corrected chi connectivity index (χ0v) is 18.2. The van der Waals surface area contributed by atoms with Crippen LogP contribution in [-0.2, 0) is 4.79 Å². The van der Waals surface area contributed by atoms with Gasteiger partial charge in [0.25, 0.3) is 0 Å². The normalized spacial score (nSPS) is 11.2. The maximum absolute atomic E-state index is 10.3. The van der Waals surface area contributed by atoms with E-state index in [1.54, 1.807) is 0 Å². The van der Waals surface area contributed by atoms with Crippen LogP contribution in [0.1, 0.15) is 110 Å². The highest BCUT2D eigenvalue weighted by Crippen LogP contribution is 2.13. The Bertz CT molecular complexity index is 314. The lowest BCUT2D eigenvalue weighted by Gasteiger charge is -2.20. The van der Waals surface area contributed by atoms with E-state index in [0.717, 1.165) is 12.8 Å². The number of carboxylic acids is 1. The zero-order valence-electron chi connectivity index (χ0n) is 18.2. The van der Waals surface area contributed by atoms with Gasteiger partial charge in [-0.25, -0.2) is 0 Å². The first-order valence-corrected chi connectivity index (χ1v) is 11.3. The number of rotatable bonds is 19. The maximum Gasteiger partial charge on any atom is 0.303 e. The molecule has 0 fully saturated rings. The first-order chi connectivity index (χ1) is 13.5. The lowest BCUT2D eigenvalue weighted by molar-refractivity contribution is -0.137. The molecule has 0 aromatic carbocycles. The molecule has 0 unspecified atom stereocenters. The van der Waals surface area contributed by atoms with Crippen molar-refractivity contribution in [3.05, 3.63) is 0 Å². The standard InChI is InChI=1S/C18H36O2.C4H11NO3/c1-2-3-4-5-6-7-8-9-10-11-12-13-14-15-16-17-18(19)20;5-4(1-6,2-7)3-8/h2-17H2,1H3,(H,19,20);6-8H,1-3,5H2. The van der Waals surface area contributed by atoms with Gasteiger partial charge in [-0.1, -0.05) is 96.8 Å². The highest BCUT2D eigenvalue weighted by molar-refractivity contribution is 5.66. The number of carboxylic acid groups (broad SMARTS) is 1. The topological polar surface area (TPSA) is 124 Å². The molecular formula is C22H47NO5. The number of aliphatic hydroxyl groups excluding tert-OH is 3. The Labute approximate surface area is 172 Å². The minimum Gasteiger partial charge on any atom is -0.481 e. The number of aliphatic hydroxyl groups is 3. The molecule has 6 heteroatoms. The lowest BCUT2D eigenvalue weighted by atomic mass is 10.0. The summed E-state index contributed by atoms with van der Waals surface area (Å²) in [6.07, 6.45) is 20.2. The summed E-state index contributed by atoms with van der Waals surface area (Å²) in [5, 5.41) is 33.5. The first kappa shape index (κ1) is 29.5. The molecule has 0 aliphatic carbocycles. The van der Waals surface area contributed by atoms with Crippen LogP contribution in [0.25, 0.3) is 0 Å². The van der Waals surface area contributed by atoms with Gasteiger partial charge in [-0.15, -0.1) is 0 Å². The fraction of sp³-hybridized carbons (Fsp3) is 0.955. The van der Waals surface area contributed by atoms with Crippen molar-refractivity contribution in [3.8, 4) is 0 Å². The number of hydrogen-bond donors (Lipinski definition) is 5. The van der Waals surface area contributed by atoms with Gasteiger partial charge in [-0.2, -0.15) is 0 Å². The van der Waals surface area contributed by atoms with Gasteiger partial charge >= 0.3 is 5.97 Å². The molecule has 0 aromatic heterocycles. The van der Waals surface area contributed by atoms with Crippen molar-refractivity contribution in [1.82, 2.24) is 0 Å². The Morgan fingerprint density at radius 1 is 0.643 bits per heavy atom. The van der Waals surface area contributed by atoms with E-state index < -0.39 is 31.3 Å². The number of nitrogens with two attached hydrogens (primary N) is 1. The summed E-state index contributed by atoms with van der Waals surface area (Å²) in [5.41, 5.74) is 3.94. The SMILES string of the molecule is CCCCCCCCCCCCCCCCCC(=O)O.NC(CO)(CO)CO. The molecule has 0 bridgehead atoms. The summed E-state index contributed by atoms with van der Waals surface area (Å²) in [6, 6.07) is 0. The number of aliphatic carboxylic acids is 1. The highest BCUT2D eigenvalue weighted by Gasteiger charge is 2.20. The molecule has 0 spiro atoms. The van der Waals surface area contributed by atoms with Gasteiger partial charge in [0.15, 0.2) is 0 Å². The predicted molar refractivity (Wildman–Crippen MR) is 115 cm³/mol. The molecule has 0 rings (SSSR count). The fourth-order valence-electron chi connectivity index (χ4n) is 2.80. The lowest BCUT2D eigenvalue weighted by Crippen LogP contribution is -2.50.